The van der Waals surface area contributed by atoms with Crippen LogP contribution in [0.25, 0.3) is 0 Å². The first-order valence-electron chi connectivity index (χ1n) is 23.9. The van der Waals surface area contributed by atoms with Gasteiger partial charge in [-0.1, -0.05) is 95.2 Å². The van der Waals surface area contributed by atoms with E-state index in [-0.39, 0.29) is 71.8 Å². The fourth-order valence-electron chi connectivity index (χ4n) is 9.07. The monoisotopic (exact) mass is 944 g/mol. The Morgan fingerprint density at radius 2 is 1.51 bits per heavy atom. The van der Waals surface area contributed by atoms with Crippen molar-refractivity contribution in [1.29, 1.82) is 0 Å². The fourth-order valence-corrected chi connectivity index (χ4v) is 9.07. The molecule has 0 saturated heterocycles. The number of nitrogens with zero attached hydrogens (tertiary/aromatic N) is 1. The molecule has 67 heavy (non-hydrogen) atoms. The van der Waals surface area contributed by atoms with Crippen molar-refractivity contribution in [1.82, 2.24) is 4.90 Å². The number of fused-ring (bicyclic) bond motifs is 2. The van der Waals surface area contributed by atoms with Gasteiger partial charge in [-0.25, -0.2) is 9.59 Å². The Morgan fingerprint density at radius 3 is 2.10 bits per heavy atom. The number of hydrogen-bond acceptors (Lipinski definition) is 13. The number of esters is 2. The molecule has 380 valence electrons. The molecule has 0 aromatic heterocycles. The van der Waals surface area contributed by atoms with E-state index < -0.39 is 36.4 Å². The molecule has 2 rings (SSSR count). The van der Waals surface area contributed by atoms with Gasteiger partial charge >= 0.3 is 11.9 Å². The normalized spacial score (nSPS) is 32.2. The zero-order valence-corrected chi connectivity index (χ0v) is 43.0. The van der Waals surface area contributed by atoms with E-state index in [1.54, 1.807) is 68.1 Å². The summed E-state index contributed by atoms with van der Waals surface area (Å²) in [5.41, 5.74) is 1.90. The van der Waals surface area contributed by atoms with Crippen molar-refractivity contribution in [2.24, 2.45) is 35.5 Å². The Hall–Kier alpha value is -3.76. The number of cyclic esters (lactones) is 1. The van der Waals surface area contributed by atoms with Gasteiger partial charge in [-0.2, -0.15) is 0 Å². The highest BCUT2D eigenvalue weighted by Crippen LogP contribution is 2.33. The van der Waals surface area contributed by atoms with Crippen LogP contribution in [0.3, 0.4) is 0 Å². The maximum atomic E-state index is 13.6. The van der Waals surface area contributed by atoms with E-state index in [1.165, 1.54) is 11.0 Å². The molecule has 15 atom stereocenters. The molecular weight excluding hydrogens is 859 g/mol. The summed E-state index contributed by atoms with van der Waals surface area (Å²) >= 11 is 0. The van der Waals surface area contributed by atoms with E-state index in [9.17, 15) is 24.3 Å². The molecular formula is C53H85NO13. The van der Waals surface area contributed by atoms with Crippen molar-refractivity contribution < 1.29 is 62.2 Å². The topological polar surface area (TPSA) is 166 Å². The molecule has 0 radical (unpaired) electrons. The second-order valence-electron chi connectivity index (χ2n) is 18.7. The third-order valence-corrected chi connectivity index (χ3v) is 13.7. The van der Waals surface area contributed by atoms with Crippen LogP contribution < -0.4 is 0 Å². The lowest BCUT2D eigenvalue weighted by Crippen LogP contribution is -2.41. The number of rotatable bonds is 18. The number of methoxy groups -OCH3 is 6. The smallest absolute Gasteiger partial charge is 0.331 e. The maximum Gasteiger partial charge on any atom is 0.331 e. The molecule has 14 nitrogen and oxygen atoms in total. The molecule has 1 amide bonds. The van der Waals surface area contributed by atoms with Crippen LogP contribution >= 0.6 is 0 Å². The van der Waals surface area contributed by atoms with Gasteiger partial charge in [-0.3, -0.25) is 9.59 Å². The number of carbonyl (C=O) groups excluding carboxylic acids is 4. The Bertz CT molecular complexity index is 1690. The lowest BCUT2D eigenvalue weighted by Gasteiger charge is -2.35. The molecule has 0 aromatic rings. The van der Waals surface area contributed by atoms with Crippen LogP contribution in [0.4, 0.5) is 0 Å². The van der Waals surface area contributed by atoms with Crippen molar-refractivity contribution >= 4 is 24.1 Å². The maximum absolute atomic E-state index is 13.6. The molecule has 2 aliphatic heterocycles. The molecule has 2 heterocycles. The van der Waals surface area contributed by atoms with E-state index in [0.29, 0.717) is 57.8 Å². The van der Waals surface area contributed by atoms with Crippen LogP contribution in [0.1, 0.15) is 99.8 Å². The number of carbonyl (C=O) groups is 4. The minimum absolute atomic E-state index is 0.0620. The van der Waals surface area contributed by atoms with Crippen molar-refractivity contribution in [3.63, 3.8) is 0 Å². The molecule has 0 fully saturated rings. The summed E-state index contributed by atoms with van der Waals surface area (Å²) in [6, 6.07) is 0. The third kappa shape index (κ3) is 20.4. The lowest BCUT2D eigenvalue weighted by atomic mass is 9.81. The van der Waals surface area contributed by atoms with Gasteiger partial charge in [0, 0.05) is 123 Å². The summed E-state index contributed by atoms with van der Waals surface area (Å²) in [7, 11) is 11.4. The van der Waals surface area contributed by atoms with E-state index in [0.717, 1.165) is 11.1 Å². The summed E-state index contributed by atoms with van der Waals surface area (Å²) < 4.78 is 47.4. The zero-order chi connectivity index (χ0) is 50.2. The molecule has 0 saturated carbocycles. The Balaban J connectivity index is 2.46. The molecule has 2 aliphatic rings. The number of amides is 1. The number of hydrogen-bond donors (Lipinski definition) is 1. The zero-order valence-electron chi connectivity index (χ0n) is 43.0. The van der Waals surface area contributed by atoms with Crippen molar-refractivity contribution in [3.05, 3.63) is 72.0 Å². The highest BCUT2D eigenvalue weighted by atomic mass is 16.6. The van der Waals surface area contributed by atoms with E-state index in [4.69, 9.17) is 37.9 Å². The Morgan fingerprint density at radius 1 is 0.851 bits per heavy atom. The largest absolute Gasteiger partial charge is 0.458 e. The van der Waals surface area contributed by atoms with Crippen LogP contribution in [0, 0.1) is 35.5 Å². The first-order chi connectivity index (χ1) is 31.9. The van der Waals surface area contributed by atoms with Crippen LogP contribution in [0.5, 0.6) is 0 Å². The van der Waals surface area contributed by atoms with Crippen LogP contribution in [-0.2, 0) is 57.1 Å². The van der Waals surface area contributed by atoms with E-state index >= 15 is 0 Å². The standard InChI is InChI=1S/C53H85NO13/c1-34-17-15-19-50(58)67-53(40(7)52(65-14)36(3)22-25-45(56)38(5)47(63-12)18-16-26-54(8)33-55)37(4)21-24-42(60-9)31-46(57)35(2)20-23-43(61-10)32-48(64-13)39(6)49-29-41(30-51(59)66-49)28-44(27-34)62-11/h15-17,19-21,23-24,26,30,33,35-40,42-44,46-49,52-53,57H,18,22,25,27-29,31-32H2,1-14H3/b19-15+,23-20+,24-21+,26-16+,34-17+/t35?,36?,37?,38?,39?,40?,42?,43?,44?,46?,47?,48?,49-,52?,53?/m1/s1. The van der Waals surface area contributed by atoms with Crippen LogP contribution in [-0.4, -0.2) is 139 Å². The quantitative estimate of drug-likeness (QED) is 0.0801. The SMILES string of the molecule is COC1/C=C/C(C)C(C(C)C(OC)C(C)CCC(=O)C(C)C(C/C=C/N(C)C=O)OC)OC(=O)/C=C/C=C(\C)CC(OC)CC2=CC(=O)O[C@H](C2)C(C)C(OC)CC(OC)/C=C/C(C)C(O)C1. The minimum atomic E-state index is -0.754. The van der Waals surface area contributed by atoms with Crippen LogP contribution in [0.2, 0.25) is 0 Å². The predicted octanol–water partition coefficient (Wildman–Crippen LogP) is 7.94. The van der Waals surface area contributed by atoms with Crippen molar-refractivity contribution in [2.45, 2.75) is 155 Å². The van der Waals surface area contributed by atoms with Crippen molar-refractivity contribution in [2.75, 3.05) is 49.7 Å². The molecule has 14 unspecified atom stereocenters. The summed E-state index contributed by atoms with van der Waals surface area (Å²) in [6.07, 6.45) is 18.4. The molecule has 14 heteroatoms. The number of allylic oxidation sites excluding steroid dienone is 2. The van der Waals surface area contributed by atoms with Gasteiger partial charge in [-0.15, -0.1) is 0 Å². The van der Waals surface area contributed by atoms with Gasteiger partial charge in [0.2, 0.25) is 6.41 Å². The second kappa shape index (κ2) is 31.4. The average Bonchev–Trinajstić information content (AvgIpc) is 3.31. The highest BCUT2D eigenvalue weighted by Gasteiger charge is 2.37. The second-order valence-corrected chi connectivity index (χ2v) is 18.7. The third-order valence-electron chi connectivity index (χ3n) is 13.7. The molecule has 0 spiro atoms. The Kier molecular flexibility index (Phi) is 27.8. The summed E-state index contributed by atoms with van der Waals surface area (Å²) in [5, 5.41) is 11.4. The number of aliphatic hydroxyl groups excluding tert-OH is 1. The summed E-state index contributed by atoms with van der Waals surface area (Å²) in [6.45, 7) is 13.8. The first-order valence-corrected chi connectivity index (χ1v) is 23.9. The molecule has 2 bridgehead atoms. The fraction of sp³-hybridized carbons (Fsp3) is 0.698. The van der Waals surface area contributed by atoms with Gasteiger partial charge < -0.3 is 47.9 Å². The van der Waals surface area contributed by atoms with Gasteiger partial charge in [0.1, 0.15) is 18.0 Å². The number of Topliss-reactive ketones (excluding diaryl/α,β-unsaturated/α-hetero) is 1. The molecule has 1 N–H and O–H groups in total. The molecule has 0 aliphatic carbocycles. The number of aliphatic hydroxyl groups is 1. The van der Waals surface area contributed by atoms with Gasteiger partial charge in [0.05, 0.1) is 42.7 Å². The first kappa shape index (κ1) is 59.4. The van der Waals surface area contributed by atoms with Gasteiger partial charge in [0.15, 0.2) is 0 Å². The predicted molar refractivity (Wildman–Crippen MR) is 260 cm³/mol. The van der Waals surface area contributed by atoms with E-state index in [1.807, 2.05) is 84.9 Å². The van der Waals surface area contributed by atoms with Crippen LogP contribution in [0.15, 0.2) is 72.0 Å². The number of ether oxygens (including phenoxy) is 8. The van der Waals surface area contributed by atoms with E-state index in [2.05, 4.69) is 0 Å². The summed E-state index contributed by atoms with van der Waals surface area (Å²) in [4.78, 5) is 52.3. The molecule has 0 aromatic carbocycles. The highest BCUT2D eigenvalue weighted by molar-refractivity contribution is 5.84. The number of ketones is 1. The average molecular weight is 944 g/mol. The lowest BCUT2D eigenvalue weighted by molar-refractivity contribution is -0.152. The Labute approximate surface area is 402 Å². The van der Waals surface area contributed by atoms with Gasteiger partial charge in [0.25, 0.3) is 0 Å². The van der Waals surface area contributed by atoms with Crippen molar-refractivity contribution in [3.8, 4) is 0 Å². The van der Waals surface area contributed by atoms with Gasteiger partial charge in [-0.05, 0) is 38.5 Å². The summed E-state index contributed by atoms with van der Waals surface area (Å²) in [5.74, 6) is -2.31. The minimum Gasteiger partial charge on any atom is -0.458 e.